The molecule has 1 aliphatic heterocycles. The average molecular weight is 295 g/mol. The Bertz CT molecular complexity index is 724. The van der Waals surface area contributed by atoms with Crippen LogP contribution in [0.4, 0.5) is 5.69 Å². The van der Waals surface area contributed by atoms with Gasteiger partial charge in [-0.2, -0.15) is 0 Å². The number of aromatic nitrogens is 1. The minimum absolute atomic E-state index is 0.204. The van der Waals surface area contributed by atoms with Crippen LogP contribution < -0.4 is 5.73 Å². The highest BCUT2D eigenvalue weighted by Gasteiger charge is 2.20. The minimum atomic E-state index is -2.89. The highest BCUT2D eigenvalue weighted by Crippen LogP contribution is 2.22. The third-order valence-corrected chi connectivity index (χ3v) is 5.22. The second kappa shape index (κ2) is 5.06. The first-order valence-corrected chi connectivity index (χ1v) is 8.42. The number of nitrogens with zero attached hydrogens (tertiary/aromatic N) is 2. The van der Waals surface area contributed by atoms with Crippen molar-refractivity contribution in [3.8, 4) is 0 Å². The molecule has 1 saturated heterocycles. The van der Waals surface area contributed by atoms with Crippen molar-refractivity contribution >= 4 is 26.6 Å². The lowest BCUT2D eigenvalue weighted by atomic mass is 10.3. The molecule has 108 valence electrons. The Hall–Kier alpha value is -1.60. The van der Waals surface area contributed by atoms with Crippen molar-refractivity contribution in [2.45, 2.75) is 13.0 Å². The van der Waals surface area contributed by atoms with Crippen molar-refractivity contribution in [1.82, 2.24) is 9.88 Å². The summed E-state index contributed by atoms with van der Waals surface area (Å²) in [6, 6.07) is 5.44. The molecule has 1 aliphatic rings. The number of hydrogen-bond acceptors (Lipinski definition) is 6. The molecular formula is C13H17N3O3S. The van der Waals surface area contributed by atoms with E-state index in [9.17, 15) is 8.42 Å². The van der Waals surface area contributed by atoms with Crippen LogP contribution in [0.15, 0.2) is 22.6 Å². The van der Waals surface area contributed by atoms with Gasteiger partial charge >= 0.3 is 0 Å². The third kappa shape index (κ3) is 2.78. The Morgan fingerprint density at radius 3 is 2.95 bits per heavy atom. The molecule has 7 heteroatoms. The lowest BCUT2D eigenvalue weighted by Gasteiger charge is -2.16. The fourth-order valence-corrected chi connectivity index (χ4v) is 3.73. The molecule has 0 amide bonds. The largest absolute Gasteiger partial charge is 0.439 e. The second-order valence-electron chi connectivity index (χ2n) is 5.08. The number of fused-ring (bicyclic) bond motifs is 1. The molecule has 6 nitrogen and oxygen atoms in total. The molecule has 0 atom stereocenters. The molecule has 0 aliphatic carbocycles. The number of nitrogen functional groups attached to an aromatic ring is 1. The summed E-state index contributed by atoms with van der Waals surface area (Å²) in [6.45, 7) is 1.79. The summed E-state index contributed by atoms with van der Waals surface area (Å²) in [7, 11) is -2.89. The maximum Gasteiger partial charge on any atom is 0.209 e. The maximum absolute atomic E-state index is 11.6. The Kier molecular flexibility index (Phi) is 3.39. The normalized spacial score (nSPS) is 20.0. The van der Waals surface area contributed by atoms with Crippen molar-refractivity contribution in [3.05, 3.63) is 24.1 Å². The number of benzene rings is 1. The van der Waals surface area contributed by atoms with Gasteiger partial charge in [0.15, 0.2) is 15.4 Å². The smallest absolute Gasteiger partial charge is 0.209 e. The van der Waals surface area contributed by atoms with E-state index in [-0.39, 0.29) is 11.5 Å². The van der Waals surface area contributed by atoms with Gasteiger partial charge in [-0.25, -0.2) is 13.4 Å². The second-order valence-corrected chi connectivity index (χ2v) is 7.39. The molecule has 3 rings (SSSR count). The van der Waals surface area contributed by atoms with Crippen molar-refractivity contribution < 1.29 is 12.8 Å². The lowest BCUT2D eigenvalue weighted by molar-refractivity contribution is 0.259. The highest BCUT2D eigenvalue weighted by atomic mass is 32.2. The number of sulfone groups is 1. The van der Waals surface area contributed by atoms with E-state index < -0.39 is 9.84 Å². The van der Waals surface area contributed by atoms with Crippen molar-refractivity contribution in [1.29, 1.82) is 0 Å². The van der Waals surface area contributed by atoms with Crippen molar-refractivity contribution in [2.75, 3.05) is 30.3 Å². The molecule has 2 aromatic rings. The van der Waals surface area contributed by atoms with E-state index in [1.54, 1.807) is 6.07 Å². The van der Waals surface area contributed by atoms with Crippen LogP contribution in [0.3, 0.4) is 0 Å². The summed E-state index contributed by atoms with van der Waals surface area (Å²) in [6.07, 6.45) is 0.657. The zero-order valence-corrected chi connectivity index (χ0v) is 11.9. The predicted molar refractivity (Wildman–Crippen MR) is 77.0 cm³/mol. The molecule has 0 bridgehead atoms. The van der Waals surface area contributed by atoms with E-state index in [1.807, 2.05) is 12.1 Å². The molecule has 2 N–H and O–H groups in total. The van der Waals surface area contributed by atoms with Gasteiger partial charge in [0.2, 0.25) is 5.89 Å². The number of hydrogen-bond donors (Lipinski definition) is 1. The minimum Gasteiger partial charge on any atom is -0.439 e. The van der Waals surface area contributed by atoms with Gasteiger partial charge in [0.05, 0.1) is 23.7 Å². The topological polar surface area (TPSA) is 89.4 Å². The first-order chi connectivity index (χ1) is 9.53. The molecule has 20 heavy (non-hydrogen) atoms. The Morgan fingerprint density at radius 2 is 2.15 bits per heavy atom. The van der Waals surface area contributed by atoms with Crippen LogP contribution in [0.5, 0.6) is 0 Å². The maximum atomic E-state index is 11.6. The van der Waals surface area contributed by atoms with Crippen LogP contribution in [0.2, 0.25) is 0 Å². The number of anilines is 1. The summed E-state index contributed by atoms with van der Waals surface area (Å²) in [4.78, 5) is 6.45. The summed E-state index contributed by atoms with van der Waals surface area (Å²) in [5, 5.41) is 0. The van der Waals surface area contributed by atoms with Gasteiger partial charge in [0.25, 0.3) is 0 Å². The van der Waals surface area contributed by atoms with Crippen LogP contribution in [0.1, 0.15) is 12.3 Å². The first-order valence-electron chi connectivity index (χ1n) is 6.60. The van der Waals surface area contributed by atoms with Crippen LogP contribution in [-0.2, 0) is 16.4 Å². The SMILES string of the molecule is Nc1cccc2oc(CN3CCCS(=O)(=O)CC3)nc12. The first kappa shape index (κ1) is 13.4. The van der Waals surface area contributed by atoms with Gasteiger partial charge in [-0.3, -0.25) is 4.90 Å². The van der Waals surface area contributed by atoms with E-state index in [2.05, 4.69) is 9.88 Å². The van der Waals surface area contributed by atoms with Gasteiger partial charge in [-0.1, -0.05) is 6.07 Å². The van der Waals surface area contributed by atoms with E-state index in [4.69, 9.17) is 10.2 Å². The molecule has 0 unspecified atom stereocenters. The van der Waals surface area contributed by atoms with Crippen LogP contribution in [0, 0.1) is 0 Å². The van der Waals surface area contributed by atoms with Gasteiger partial charge in [0, 0.05) is 6.54 Å². The van der Waals surface area contributed by atoms with E-state index >= 15 is 0 Å². The molecule has 0 radical (unpaired) electrons. The van der Waals surface area contributed by atoms with Crippen molar-refractivity contribution in [2.24, 2.45) is 0 Å². The lowest BCUT2D eigenvalue weighted by Crippen LogP contribution is -2.26. The Balaban J connectivity index is 1.78. The van der Waals surface area contributed by atoms with E-state index in [0.717, 1.165) is 6.54 Å². The molecule has 0 spiro atoms. The van der Waals surface area contributed by atoms with Gasteiger partial charge in [-0.15, -0.1) is 0 Å². The van der Waals surface area contributed by atoms with Gasteiger partial charge in [0.1, 0.15) is 5.52 Å². The fourth-order valence-electron chi connectivity index (χ4n) is 2.42. The molecule has 1 fully saturated rings. The highest BCUT2D eigenvalue weighted by molar-refractivity contribution is 7.91. The number of rotatable bonds is 2. The molecule has 1 aromatic carbocycles. The molecule has 1 aromatic heterocycles. The number of oxazole rings is 1. The molecular weight excluding hydrogens is 278 g/mol. The van der Waals surface area contributed by atoms with Crippen LogP contribution in [0.25, 0.3) is 11.1 Å². The molecule has 2 heterocycles. The zero-order valence-electron chi connectivity index (χ0n) is 11.1. The third-order valence-electron chi connectivity index (χ3n) is 3.50. The average Bonchev–Trinajstić information content (AvgIpc) is 2.72. The Labute approximate surface area is 117 Å². The van der Waals surface area contributed by atoms with E-state index in [1.165, 1.54) is 0 Å². The summed E-state index contributed by atoms with van der Waals surface area (Å²) in [5.74, 6) is 1.05. The van der Waals surface area contributed by atoms with Crippen molar-refractivity contribution in [3.63, 3.8) is 0 Å². The van der Waals surface area contributed by atoms with Crippen LogP contribution in [-0.4, -0.2) is 42.9 Å². The fraction of sp³-hybridized carbons (Fsp3) is 0.462. The predicted octanol–water partition coefficient (Wildman–Crippen LogP) is 1.03. The summed E-state index contributed by atoms with van der Waals surface area (Å²) < 4.78 is 28.8. The number of para-hydroxylation sites is 1. The van der Waals surface area contributed by atoms with Gasteiger partial charge < -0.3 is 10.2 Å². The van der Waals surface area contributed by atoms with Gasteiger partial charge in [-0.05, 0) is 25.1 Å². The summed E-state index contributed by atoms with van der Waals surface area (Å²) in [5.41, 5.74) is 7.78. The molecule has 0 saturated carbocycles. The zero-order chi connectivity index (χ0) is 14.2. The van der Waals surface area contributed by atoms with Crippen LogP contribution >= 0.6 is 0 Å². The Morgan fingerprint density at radius 1 is 1.30 bits per heavy atom. The monoisotopic (exact) mass is 295 g/mol. The standard InChI is InChI=1S/C13H17N3O3S/c14-10-3-1-4-11-13(10)15-12(19-11)9-16-5-2-7-20(17,18)8-6-16/h1,3-4H,2,5-9,14H2. The number of nitrogens with two attached hydrogens (primary N) is 1. The quantitative estimate of drug-likeness (QED) is 0.832. The summed E-state index contributed by atoms with van der Waals surface area (Å²) >= 11 is 0. The van der Waals surface area contributed by atoms with E-state index in [0.29, 0.717) is 42.2 Å².